The Balaban J connectivity index is 1.85. The Kier molecular flexibility index (Phi) is 5.16. The van der Waals surface area contributed by atoms with Gasteiger partial charge < -0.3 is 9.47 Å². The van der Waals surface area contributed by atoms with E-state index in [1.54, 1.807) is 24.3 Å². The summed E-state index contributed by atoms with van der Waals surface area (Å²) < 4.78 is 9.83. The van der Waals surface area contributed by atoms with Crippen molar-refractivity contribution in [3.8, 4) is 5.75 Å². The Morgan fingerprint density at radius 1 is 1.14 bits per heavy atom. The first-order valence-corrected chi connectivity index (χ1v) is 6.51. The average Bonchev–Trinajstić information content (AvgIpc) is 2.54. The first-order chi connectivity index (χ1) is 10.6. The minimum absolute atomic E-state index is 0.0361. The number of non-ortho nitro benzene ring substituents is 1. The Bertz CT molecular complexity index is 658. The molecule has 0 bridgehead atoms. The Morgan fingerprint density at radius 3 is 2.32 bits per heavy atom. The Hall–Kier alpha value is -2.80. The summed E-state index contributed by atoms with van der Waals surface area (Å²) in [4.78, 5) is 23.9. The lowest BCUT2D eigenvalue weighted by Gasteiger charge is -2.06. The number of anilines is 1. The fraction of sp³-hybridized carbons (Fsp3) is 0.0714. The van der Waals surface area contributed by atoms with Gasteiger partial charge >= 0.3 is 6.16 Å². The van der Waals surface area contributed by atoms with Crippen molar-refractivity contribution in [2.75, 3.05) is 4.84 Å². The zero-order chi connectivity index (χ0) is 15.9. The van der Waals surface area contributed by atoms with Crippen LogP contribution in [0.4, 0.5) is 16.2 Å². The minimum Gasteiger partial charge on any atom is -0.429 e. The number of carbonyl (C=O) groups excluding carboxylic acids is 1. The molecule has 0 fully saturated rings. The van der Waals surface area contributed by atoms with E-state index in [1.165, 1.54) is 24.3 Å². The van der Waals surface area contributed by atoms with Gasteiger partial charge in [-0.1, -0.05) is 12.1 Å². The predicted molar refractivity (Wildman–Crippen MR) is 79.8 cm³/mol. The number of nitrogens with one attached hydrogen (secondary N) is 1. The van der Waals surface area contributed by atoms with Crippen LogP contribution < -0.4 is 9.57 Å². The molecule has 0 unspecified atom stereocenters. The second-order valence-corrected chi connectivity index (χ2v) is 4.37. The molecule has 2 aromatic rings. The fourth-order valence-electron chi connectivity index (χ4n) is 1.57. The highest BCUT2D eigenvalue weighted by Gasteiger charge is 2.09. The van der Waals surface area contributed by atoms with Gasteiger partial charge in [0.15, 0.2) is 0 Å². The maximum Gasteiger partial charge on any atom is 0.514 e. The van der Waals surface area contributed by atoms with Crippen molar-refractivity contribution in [2.45, 2.75) is 6.61 Å². The van der Waals surface area contributed by atoms with Crippen molar-refractivity contribution in [3.63, 3.8) is 0 Å². The monoisotopic (exact) mass is 322 g/mol. The lowest BCUT2D eigenvalue weighted by Crippen LogP contribution is -2.10. The van der Waals surface area contributed by atoms with E-state index in [0.717, 1.165) is 11.3 Å². The second kappa shape index (κ2) is 7.28. The number of nitrogens with zero attached hydrogens (tertiary/aromatic N) is 1. The molecule has 22 heavy (non-hydrogen) atoms. The van der Waals surface area contributed by atoms with E-state index in [9.17, 15) is 14.9 Å². The molecule has 0 saturated heterocycles. The number of hydrogen-bond acceptors (Lipinski definition) is 6. The van der Waals surface area contributed by atoms with E-state index < -0.39 is 11.1 Å². The van der Waals surface area contributed by atoms with Gasteiger partial charge in [-0.2, -0.15) is 0 Å². The molecule has 0 aliphatic carbocycles. The second-order valence-electron chi connectivity index (χ2n) is 4.18. The van der Waals surface area contributed by atoms with Gasteiger partial charge in [0.1, 0.15) is 12.4 Å². The summed E-state index contributed by atoms with van der Waals surface area (Å²) in [5.41, 5.74) is 1.39. The average molecular weight is 323 g/mol. The zero-order valence-corrected chi connectivity index (χ0v) is 11.9. The van der Waals surface area contributed by atoms with Crippen LogP contribution in [0.3, 0.4) is 0 Å². The maximum atomic E-state index is 11.5. The van der Waals surface area contributed by atoms with Gasteiger partial charge in [0.2, 0.25) is 0 Å². The molecular formula is C14H11ClN2O5. The Labute approximate surface area is 130 Å². The van der Waals surface area contributed by atoms with Crippen molar-refractivity contribution in [1.82, 2.24) is 0 Å². The van der Waals surface area contributed by atoms with Crippen LogP contribution in [0, 0.1) is 10.1 Å². The van der Waals surface area contributed by atoms with E-state index in [0.29, 0.717) is 0 Å². The molecule has 0 saturated carbocycles. The van der Waals surface area contributed by atoms with Gasteiger partial charge in [-0.25, -0.2) is 4.79 Å². The maximum absolute atomic E-state index is 11.5. The number of ether oxygens (including phenoxy) is 2. The first kappa shape index (κ1) is 15.6. The fourth-order valence-corrected chi connectivity index (χ4v) is 1.69. The highest BCUT2D eigenvalue weighted by Crippen LogP contribution is 2.18. The molecule has 0 aromatic heterocycles. The van der Waals surface area contributed by atoms with E-state index in [-0.39, 0.29) is 18.0 Å². The summed E-state index contributed by atoms with van der Waals surface area (Å²) in [6.45, 7) is 0.0361. The molecule has 0 amide bonds. The van der Waals surface area contributed by atoms with Gasteiger partial charge in [0.25, 0.3) is 5.69 Å². The van der Waals surface area contributed by atoms with E-state index in [1.807, 2.05) is 0 Å². The molecule has 0 spiro atoms. The van der Waals surface area contributed by atoms with Gasteiger partial charge in [-0.05, 0) is 29.8 Å². The molecule has 2 rings (SSSR count). The highest BCUT2D eigenvalue weighted by molar-refractivity contribution is 6.23. The molecule has 0 aliphatic heterocycles. The summed E-state index contributed by atoms with van der Waals surface area (Å²) >= 11 is 5.43. The quantitative estimate of drug-likeness (QED) is 0.295. The van der Waals surface area contributed by atoms with Crippen LogP contribution in [-0.4, -0.2) is 11.1 Å². The van der Waals surface area contributed by atoms with E-state index >= 15 is 0 Å². The molecule has 2 aromatic carbocycles. The normalized spacial score (nSPS) is 9.86. The number of nitro benzene ring substituents is 1. The van der Waals surface area contributed by atoms with Crippen LogP contribution in [0.2, 0.25) is 0 Å². The topological polar surface area (TPSA) is 90.7 Å². The van der Waals surface area contributed by atoms with Crippen molar-refractivity contribution in [2.24, 2.45) is 0 Å². The molecule has 1 N–H and O–H groups in total. The van der Waals surface area contributed by atoms with Crippen LogP contribution in [0.15, 0.2) is 48.5 Å². The van der Waals surface area contributed by atoms with Gasteiger partial charge in [-0.3, -0.25) is 15.0 Å². The lowest BCUT2D eigenvalue weighted by atomic mass is 10.2. The van der Waals surface area contributed by atoms with Crippen LogP contribution >= 0.6 is 11.8 Å². The van der Waals surface area contributed by atoms with Gasteiger partial charge in [0, 0.05) is 29.6 Å². The molecule has 0 atom stereocenters. The van der Waals surface area contributed by atoms with E-state index in [4.69, 9.17) is 21.3 Å². The van der Waals surface area contributed by atoms with Crippen molar-refractivity contribution >= 4 is 29.3 Å². The molecule has 0 heterocycles. The van der Waals surface area contributed by atoms with Crippen LogP contribution in [0.1, 0.15) is 5.56 Å². The van der Waals surface area contributed by atoms with Crippen LogP contribution in [-0.2, 0) is 11.3 Å². The summed E-state index contributed by atoms with van der Waals surface area (Å²) in [7, 11) is 0. The number of rotatable bonds is 5. The van der Waals surface area contributed by atoms with Crippen LogP contribution in [0.25, 0.3) is 0 Å². The number of carbonyl (C=O) groups is 1. The molecule has 8 heteroatoms. The lowest BCUT2D eigenvalue weighted by molar-refractivity contribution is -0.384. The third kappa shape index (κ3) is 4.35. The smallest absolute Gasteiger partial charge is 0.429 e. The summed E-state index contributed by atoms with van der Waals surface area (Å²) in [6.07, 6.45) is -0.895. The number of benzene rings is 2. The highest BCUT2D eigenvalue weighted by atomic mass is 35.5. The van der Waals surface area contributed by atoms with Crippen molar-refractivity contribution in [3.05, 3.63) is 64.2 Å². The first-order valence-electron chi connectivity index (χ1n) is 6.13. The predicted octanol–water partition coefficient (Wildman–Crippen LogP) is 3.88. The van der Waals surface area contributed by atoms with Crippen molar-refractivity contribution < 1.29 is 19.2 Å². The minimum atomic E-state index is -0.895. The molecule has 0 aliphatic rings. The molecular weight excluding hydrogens is 312 g/mol. The van der Waals surface area contributed by atoms with Gasteiger partial charge in [-0.15, -0.1) is 0 Å². The third-order valence-electron chi connectivity index (χ3n) is 2.67. The summed E-state index contributed by atoms with van der Waals surface area (Å²) in [5.74, 6) is 0.164. The van der Waals surface area contributed by atoms with Crippen molar-refractivity contribution in [1.29, 1.82) is 0 Å². The molecule has 114 valence electrons. The molecule has 0 radical (unpaired) electrons. The number of nitro groups is 1. The zero-order valence-electron chi connectivity index (χ0n) is 11.2. The summed E-state index contributed by atoms with van der Waals surface area (Å²) in [6, 6.07) is 12.1. The summed E-state index contributed by atoms with van der Waals surface area (Å²) in [5, 5.41) is 10.5. The van der Waals surface area contributed by atoms with Gasteiger partial charge in [0.05, 0.1) is 4.92 Å². The van der Waals surface area contributed by atoms with E-state index in [2.05, 4.69) is 4.84 Å². The molecule has 7 nitrogen and oxygen atoms in total. The Morgan fingerprint density at radius 2 is 1.77 bits per heavy atom. The largest absolute Gasteiger partial charge is 0.514 e. The standard InChI is InChI=1S/C14H11ClN2O5/c15-16-11-3-1-10(2-4-11)9-21-14(18)22-13-7-5-12(6-8-13)17(19)20/h1-8,16H,9H2. The number of halogens is 1. The number of hydrogen-bond donors (Lipinski definition) is 1. The SMILES string of the molecule is O=C(OCc1ccc(NCl)cc1)Oc1ccc([N+](=O)[O-])cc1. The van der Waals surface area contributed by atoms with Crippen LogP contribution in [0.5, 0.6) is 5.75 Å². The third-order valence-corrected chi connectivity index (χ3v) is 2.89.